The number of carboxylic acids is 1. The lowest BCUT2D eigenvalue weighted by molar-refractivity contribution is -0.388. The zero-order valence-electron chi connectivity index (χ0n) is 11.3. The van der Waals surface area contributed by atoms with E-state index in [1.165, 1.54) is 10.9 Å². The van der Waals surface area contributed by atoms with Gasteiger partial charge in [0.05, 0.1) is 12.7 Å². The van der Waals surface area contributed by atoms with Crippen molar-refractivity contribution in [3.05, 3.63) is 27.8 Å². The first-order chi connectivity index (χ1) is 9.90. The molecule has 2 N–H and O–H groups in total. The third-order valence-electron chi connectivity index (χ3n) is 2.86. The van der Waals surface area contributed by atoms with Crippen LogP contribution in [0.1, 0.15) is 16.3 Å². The van der Waals surface area contributed by atoms with Gasteiger partial charge in [-0.05, 0) is 9.91 Å². The Kier molecular flexibility index (Phi) is 3.82. The number of carbonyl (C=O) groups is 1. The van der Waals surface area contributed by atoms with E-state index in [0.29, 0.717) is 18.9 Å². The van der Waals surface area contributed by atoms with Crippen molar-refractivity contribution in [1.29, 1.82) is 0 Å². The predicted octanol–water partition coefficient (Wildman–Crippen LogP) is 0.0385. The van der Waals surface area contributed by atoms with Crippen LogP contribution in [0.25, 0.3) is 0 Å². The number of nitrogens with one attached hydrogen (secondary N) is 1. The van der Waals surface area contributed by atoms with Gasteiger partial charge < -0.3 is 20.5 Å². The fourth-order valence-electron chi connectivity index (χ4n) is 1.71. The minimum atomic E-state index is -1.16. The van der Waals surface area contributed by atoms with E-state index in [0.717, 1.165) is 0 Å². The van der Waals surface area contributed by atoms with Gasteiger partial charge in [-0.15, -0.1) is 5.10 Å². The van der Waals surface area contributed by atoms with E-state index >= 15 is 0 Å². The van der Waals surface area contributed by atoms with Gasteiger partial charge in [0.15, 0.2) is 5.69 Å². The van der Waals surface area contributed by atoms with Crippen LogP contribution in [0.4, 0.5) is 11.6 Å². The first-order valence-corrected chi connectivity index (χ1v) is 5.95. The van der Waals surface area contributed by atoms with E-state index in [4.69, 9.17) is 5.11 Å². The van der Waals surface area contributed by atoms with Crippen molar-refractivity contribution in [3.8, 4) is 0 Å². The summed E-state index contributed by atoms with van der Waals surface area (Å²) >= 11 is 0. The minimum Gasteiger partial charge on any atom is -0.476 e. The summed E-state index contributed by atoms with van der Waals surface area (Å²) in [6.07, 6.45) is 1.28. The smallest absolute Gasteiger partial charge is 0.406 e. The quantitative estimate of drug-likeness (QED) is 0.562. The molecule has 0 aliphatic heterocycles. The monoisotopic (exact) mass is 295 g/mol. The van der Waals surface area contributed by atoms with Crippen LogP contribution in [0.2, 0.25) is 0 Å². The molecule has 0 amide bonds. The van der Waals surface area contributed by atoms with Crippen LogP contribution in [-0.2, 0) is 13.6 Å². The number of hydrogen-bond donors (Lipinski definition) is 2. The molecule has 2 rings (SSSR count). The Labute approximate surface area is 118 Å². The van der Waals surface area contributed by atoms with Gasteiger partial charge in [0.2, 0.25) is 11.6 Å². The second kappa shape index (κ2) is 5.56. The van der Waals surface area contributed by atoms with Gasteiger partial charge >= 0.3 is 11.8 Å². The molecule has 0 aliphatic rings. The largest absolute Gasteiger partial charge is 0.476 e. The summed E-state index contributed by atoms with van der Waals surface area (Å²) in [5, 5.41) is 29.6. The standard InChI is InChI=1S/C10H13N7O4/c1-6-12-9(17(20)21)8(15(6)2)11-3-4-16-5-7(10(18)19)13-14-16/h5,11H,3-4H2,1-2H3,(H,18,19). The molecule has 0 radical (unpaired) electrons. The van der Waals surface area contributed by atoms with E-state index in [1.54, 1.807) is 18.5 Å². The molecule has 0 spiro atoms. The zero-order chi connectivity index (χ0) is 15.6. The van der Waals surface area contributed by atoms with Gasteiger partial charge in [-0.2, -0.15) is 0 Å². The number of hydrogen-bond acceptors (Lipinski definition) is 7. The third-order valence-corrected chi connectivity index (χ3v) is 2.86. The number of anilines is 1. The summed E-state index contributed by atoms with van der Waals surface area (Å²) in [6, 6.07) is 0. The van der Waals surface area contributed by atoms with Crippen molar-refractivity contribution in [2.75, 3.05) is 11.9 Å². The number of aryl methyl sites for hydroxylation is 1. The van der Waals surface area contributed by atoms with Crippen molar-refractivity contribution in [2.24, 2.45) is 7.05 Å². The van der Waals surface area contributed by atoms with Gasteiger partial charge in [0.1, 0.15) is 0 Å². The maximum absolute atomic E-state index is 10.9. The van der Waals surface area contributed by atoms with E-state index in [9.17, 15) is 14.9 Å². The number of nitro groups is 1. The van der Waals surface area contributed by atoms with Crippen LogP contribution in [0, 0.1) is 17.0 Å². The molecule has 0 unspecified atom stereocenters. The van der Waals surface area contributed by atoms with E-state index in [1.807, 2.05) is 0 Å². The lowest BCUT2D eigenvalue weighted by atomic mass is 10.5. The zero-order valence-corrected chi connectivity index (χ0v) is 11.3. The maximum Gasteiger partial charge on any atom is 0.406 e. The van der Waals surface area contributed by atoms with Crippen molar-refractivity contribution < 1.29 is 14.8 Å². The highest BCUT2D eigenvalue weighted by molar-refractivity contribution is 5.84. The van der Waals surface area contributed by atoms with Crippen LogP contribution in [0.15, 0.2) is 6.20 Å². The van der Waals surface area contributed by atoms with Crippen LogP contribution >= 0.6 is 0 Å². The molecule has 0 fully saturated rings. The Balaban J connectivity index is 2.03. The molecular weight excluding hydrogens is 282 g/mol. The normalized spacial score (nSPS) is 10.6. The van der Waals surface area contributed by atoms with Crippen LogP contribution in [-0.4, -0.2) is 47.1 Å². The topological polar surface area (TPSA) is 141 Å². The van der Waals surface area contributed by atoms with Crippen LogP contribution in [0.3, 0.4) is 0 Å². The number of imidazole rings is 1. The van der Waals surface area contributed by atoms with E-state index in [2.05, 4.69) is 20.6 Å². The molecule has 0 atom stereocenters. The summed E-state index contributed by atoms with van der Waals surface area (Å²) in [5.74, 6) is -0.610. The fourth-order valence-corrected chi connectivity index (χ4v) is 1.71. The number of carboxylic acid groups (broad SMARTS) is 1. The number of rotatable bonds is 6. The Morgan fingerprint density at radius 3 is 2.86 bits per heavy atom. The van der Waals surface area contributed by atoms with Crippen molar-refractivity contribution in [3.63, 3.8) is 0 Å². The summed E-state index contributed by atoms with van der Waals surface area (Å²) in [5.41, 5.74) is -0.155. The van der Waals surface area contributed by atoms with Crippen LogP contribution in [0.5, 0.6) is 0 Å². The molecule has 0 aromatic carbocycles. The molecule has 0 saturated carbocycles. The van der Waals surface area contributed by atoms with Gasteiger partial charge in [-0.1, -0.05) is 5.21 Å². The van der Waals surface area contributed by atoms with Gasteiger partial charge in [-0.3, -0.25) is 4.57 Å². The molecule has 0 aliphatic carbocycles. The minimum absolute atomic E-state index is 0.155. The number of aromatic nitrogens is 5. The Bertz CT molecular complexity index is 690. The first-order valence-electron chi connectivity index (χ1n) is 5.95. The highest BCUT2D eigenvalue weighted by Gasteiger charge is 2.23. The molecule has 0 saturated heterocycles. The van der Waals surface area contributed by atoms with Gasteiger partial charge in [-0.25, -0.2) is 9.48 Å². The SMILES string of the molecule is Cc1nc([N+](=O)[O-])c(NCCn2cc(C(=O)O)nn2)n1C. The average molecular weight is 295 g/mol. The summed E-state index contributed by atoms with van der Waals surface area (Å²) in [6.45, 7) is 2.28. The lowest BCUT2D eigenvalue weighted by Gasteiger charge is -2.06. The molecule has 2 aromatic rings. The molecule has 0 bridgehead atoms. The van der Waals surface area contributed by atoms with Crippen molar-refractivity contribution >= 4 is 17.6 Å². The van der Waals surface area contributed by atoms with E-state index < -0.39 is 10.9 Å². The molecular formula is C10H13N7O4. The molecule has 11 heteroatoms. The Morgan fingerprint density at radius 2 is 2.29 bits per heavy atom. The summed E-state index contributed by atoms with van der Waals surface area (Å²) < 4.78 is 2.91. The molecule has 11 nitrogen and oxygen atoms in total. The van der Waals surface area contributed by atoms with Crippen LogP contribution < -0.4 is 5.32 Å². The fraction of sp³-hybridized carbons (Fsp3) is 0.400. The number of nitrogens with zero attached hydrogens (tertiary/aromatic N) is 6. The second-order valence-electron chi connectivity index (χ2n) is 4.25. The Hall–Kier alpha value is -2.98. The lowest BCUT2D eigenvalue weighted by Crippen LogP contribution is -2.14. The molecule has 21 heavy (non-hydrogen) atoms. The van der Waals surface area contributed by atoms with Gasteiger partial charge in [0.25, 0.3) is 0 Å². The summed E-state index contributed by atoms with van der Waals surface area (Å²) in [7, 11) is 1.66. The predicted molar refractivity (Wildman–Crippen MR) is 70.1 cm³/mol. The molecule has 112 valence electrons. The van der Waals surface area contributed by atoms with E-state index in [-0.39, 0.29) is 17.3 Å². The molecule has 2 aromatic heterocycles. The Morgan fingerprint density at radius 1 is 1.57 bits per heavy atom. The highest BCUT2D eigenvalue weighted by Crippen LogP contribution is 2.23. The second-order valence-corrected chi connectivity index (χ2v) is 4.25. The van der Waals surface area contributed by atoms with Crippen molar-refractivity contribution in [1.82, 2.24) is 24.5 Å². The highest BCUT2D eigenvalue weighted by atomic mass is 16.6. The van der Waals surface area contributed by atoms with Crippen molar-refractivity contribution in [2.45, 2.75) is 13.5 Å². The third kappa shape index (κ3) is 2.96. The molecule has 2 heterocycles. The van der Waals surface area contributed by atoms with Gasteiger partial charge in [0, 0.05) is 20.5 Å². The number of aromatic carboxylic acids is 1. The summed E-state index contributed by atoms with van der Waals surface area (Å²) in [4.78, 5) is 24.8. The first kappa shape index (κ1) is 14.4. The maximum atomic E-state index is 10.9. The average Bonchev–Trinajstić information content (AvgIpc) is 2.98.